The van der Waals surface area contributed by atoms with Gasteiger partial charge in [0.2, 0.25) is 0 Å². The highest BCUT2D eigenvalue weighted by Crippen LogP contribution is 2.47. The number of hydrogen-bond donors (Lipinski definition) is 0. The molecule has 2 aliphatic rings. The molecule has 164 valence electrons. The normalized spacial score (nSPS) is 15.1. The summed E-state index contributed by atoms with van der Waals surface area (Å²) in [7, 11) is 0. The second kappa shape index (κ2) is 8.61. The fraction of sp³-hybridized carbons (Fsp3) is 0.118. The van der Waals surface area contributed by atoms with Gasteiger partial charge >= 0.3 is 0 Å². The minimum Gasteiger partial charge on any atom is -0.0622 e. The first-order valence-corrected chi connectivity index (χ1v) is 12.2. The fourth-order valence-electron chi connectivity index (χ4n) is 5.65. The number of fused-ring (bicyclic) bond motifs is 2. The summed E-state index contributed by atoms with van der Waals surface area (Å²) in [4.78, 5) is 0. The third-order valence-electron chi connectivity index (χ3n) is 7.33. The predicted molar refractivity (Wildman–Crippen MR) is 145 cm³/mol. The zero-order valence-electron chi connectivity index (χ0n) is 19.8. The highest BCUT2D eigenvalue weighted by Gasteiger charge is 2.30. The van der Waals surface area contributed by atoms with Crippen LogP contribution in [0.25, 0.3) is 34.4 Å². The van der Waals surface area contributed by atoms with Gasteiger partial charge in [-0.25, -0.2) is 0 Å². The first-order valence-electron chi connectivity index (χ1n) is 12.2. The minimum absolute atomic E-state index is 1.06. The molecule has 34 heavy (non-hydrogen) atoms. The average Bonchev–Trinajstić information content (AvgIpc) is 3.38. The lowest BCUT2D eigenvalue weighted by atomic mass is 9.83. The molecule has 0 aromatic heterocycles. The molecule has 0 saturated carbocycles. The zero-order chi connectivity index (χ0) is 23.1. The van der Waals surface area contributed by atoms with Crippen LogP contribution in [-0.4, -0.2) is 0 Å². The van der Waals surface area contributed by atoms with Crippen LogP contribution in [0.4, 0.5) is 0 Å². The van der Waals surface area contributed by atoms with Crippen molar-refractivity contribution in [2.24, 2.45) is 0 Å². The van der Waals surface area contributed by atoms with E-state index in [4.69, 9.17) is 0 Å². The van der Waals surface area contributed by atoms with E-state index in [1.54, 1.807) is 0 Å². The van der Waals surface area contributed by atoms with Crippen LogP contribution >= 0.6 is 0 Å². The standard InChI is InChI=1S/C34H28/c1-23-21-33-29(25-11-5-3-6-12-25)15-9-17-31(33)27(23)19-20-28-24(2)22-34-30(16-10-18-32(28)34)26-13-7-4-8-14-26/h3-18,21-22H,19-20H2,1-2H3. The average molecular weight is 437 g/mol. The molecule has 0 saturated heterocycles. The quantitative estimate of drug-likeness (QED) is 0.292. The molecule has 0 amide bonds. The summed E-state index contributed by atoms with van der Waals surface area (Å²) >= 11 is 0. The zero-order valence-corrected chi connectivity index (χ0v) is 19.8. The Kier molecular flexibility index (Phi) is 5.30. The van der Waals surface area contributed by atoms with Crippen molar-refractivity contribution in [3.8, 4) is 22.3 Å². The van der Waals surface area contributed by atoms with Crippen LogP contribution in [0.15, 0.2) is 108 Å². The van der Waals surface area contributed by atoms with Crippen molar-refractivity contribution < 1.29 is 0 Å². The van der Waals surface area contributed by atoms with Crippen LogP contribution in [0.3, 0.4) is 0 Å². The lowest BCUT2D eigenvalue weighted by Crippen LogP contribution is -2.05. The second-order valence-electron chi connectivity index (χ2n) is 9.38. The highest BCUT2D eigenvalue weighted by atomic mass is 14.3. The van der Waals surface area contributed by atoms with E-state index in [0.29, 0.717) is 0 Å². The van der Waals surface area contributed by atoms with Gasteiger partial charge in [-0.3, -0.25) is 0 Å². The SMILES string of the molecule is CC1=Cc2c(cccc2-c2ccccc2)[C]1CC[C]1C(C)=Cc2c1cccc2-c1ccccc1. The molecule has 0 nitrogen and oxygen atoms in total. The van der Waals surface area contributed by atoms with E-state index < -0.39 is 0 Å². The summed E-state index contributed by atoms with van der Waals surface area (Å²) in [5, 5.41) is 0. The van der Waals surface area contributed by atoms with Crippen molar-refractivity contribution in [3.63, 3.8) is 0 Å². The minimum atomic E-state index is 1.06. The van der Waals surface area contributed by atoms with E-state index in [0.717, 1.165) is 12.8 Å². The van der Waals surface area contributed by atoms with Crippen LogP contribution in [0.1, 0.15) is 48.9 Å². The largest absolute Gasteiger partial charge is 0.0622 e. The molecule has 0 aliphatic heterocycles. The fourth-order valence-corrected chi connectivity index (χ4v) is 5.65. The van der Waals surface area contributed by atoms with Gasteiger partial charge in [0, 0.05) is 11.8 Å². The third-order valence-corrected chi connectivity index (χ3v) is 7.33. The number of rotatable bonds is 5. The van der Waals surface area contributed by atoms with Gasteiger partial charge in [-0.15, -0.1) is 0 Å². The van der Waals surface area contributed by atoms with Crippen molar-refractivity contribution >= 4 is 12.2 Å². The van der Waals surface area contributed by atoms with Crippen LogP contribution in [0.2, 0.25) is 0 Å². The van der Waals surface area contributed by atoms with Gasteiger partial charge in [0.25, 0.3) is 0 Å². The molecular weight excluding hydrogens is 408 g/mol. The van der Waals surface area contributed by atoms with Crippen molar-refractivity contribution in [2.75, 3.05) is 0 Å². The van der Waals surface area contributed by atoms with Crippen molar-refractivity contribution in [1.82, 2.24) is 0 Å². The van der Waals surface area contributed by atoms with E-state index in [2.05, 4.69) is 123 Å². The molecule has 0 N–H and O–H groups in total. The van der Waals surface area contributed by atoms with E-state index >= 15 is 0 Å². The summed E-state index contributed by atoms with van der Waals surface area (Å²) in [5.74, 6) is 2.97. The number of benzene rings is 4. The van der Waals surface area contributed by atoms with Gasteiger partial charge in [0.05, 0.1) is 0 Å². The Morgan fingerprint density at radius 2 is 0.794 bits per heavy atom. The molecule has 0 heteroatoms. The summed E-state index contributed by atoms with van der Waals surface area (Å²) < 4.78 is 0. The Bertz CT molecular complexity index is 1290. The molecule has 2 aliphatic carbocycles. The first kappa shape index (κ1) is 20.9. The van der Waals surface area contributed by atoms with Crippen LogP contribution in [0, 0.1) is 11.8 Å². The van der Waals surface area contributed by atoms with Gasteiger partial charge in [0.1, 0.15) is 0 Å². The Balaban J connectivity index is 1.28. The molecule has 0 atom stereocenters. The topological polar surface area (TPSA) is 0 Å². The van der Waals surface area contributed by atoms with Gasteiger partial charge in [-0.1, -0.05) is 120 Å². The molecule has 4 aromatic rings. The van der Waals surface area contributed by atoms with Crippen molar-refractivity contribution in [2.45, 2.75) is 26.7 Å². The molecule has 0 bridgehead atoms. The van der Waals surface area contributed by atoms with Crippen LogP contribution < -0.4 is 0 Å². The molecule has 6 rings (SSSR count). The Morgan fingerprint density at radius 3 is 1.21 bits per heavy atom. The molecule has 4 aromatic carbocycles. The molecule has 0 heterocycles. The Hall–Kier alpha value is -3.64. The van der Waals surface area contributed by atoms with E-state index in [-0.39, 0.29) is 0 Å². The second-order valence-corrected chi connectivity index (χ2v) is 9.38. The third kappa shape index (κ3) is 3.55. The van der Waals surface area contributed by atoms with Crippen LogP contribution in [-0.2, 0) is 0 Å². The van der Waals surface area contributed by atoms with Gasteiger partial charge < -0.3 is 0 Å². The van der Waals surface area contributed by atoms with E-state index in [1.807, 2.05) is 0 Å². The highest BCUT2D eigenvalue weighted by molar-refractivity contribution is 5.86. The van der Waals surface area contributed by atoms with Gasteiger partial charge in [-0.2, -0.15) is 0 Å². The maximum Gasteiger partial charge on any atom is 0.0303 e. The smallest absolute Gasteiger partial charge is 0.0303 e. The molecule has 0 unspecified atom stereocenters. The van der Waals surface area contributed by atoms with Crippen molar-refractivity contribution in [3.05, 3.63) is 142 Å². The predicted octanol–water partition coefficient (Wildman–Crippen LogP) is 9.18. The molecule has 0 fully saturated rings. The number of hydrogen-bond acceptors (Lipinski definition) is 0. The molecular formula is C34H28. The molecule has 2 radical (unpaired) electrons. The summed E-state index contributed by atoms with van der Waals surface area (Å²) in [6, 6.07) is 35.0. The summed E-state index contributed by atoms with van der Waals surface area (Å²) in [6.45, 7) is 4.54. The summed E-state index contributed by atoms with van der Waals surface area (Å²) in [5.41, 5.74) is 13.6. The Morgan fingerprint density at radius 1 is 0.412 bits per heavy atom. The summed E-state index contributed by atoms with van der Waals surface area (Å²) in [6.07, 6.45) is 6.89. The van der Waals surface area contributed by atoms with Gasteiger partial charge in [0.15, 0.2) is 0 Å². The lowest BCUT2D eigenvalue weighted by molar-refractivity contribution is 0.820. The number of allylic oxidation sites excluding steroid dienone is 2. The molecule has 0 spiro atoms. The maximum absolute atomic E-state index is 2.39. The Labute approximate surface area is 203 Å². The first-order chi connectivity index (χ1) is 16.7. The lowest BCUT2D eigenvalue weighted by Gasteiger charge is -2.19. The van der Waals surface area contributed by atoms with Crippen LogP contribution in [0.5, 0.6) is 0 Å². The monoisotopic (exact) mass is 436 g/mol. The van der Waals surface area contributed by atoms with Crippen molar-refractivity contribution in [1.29, 1.82) is 0 Å². The van der Waals surface area contributed by atoms with E-state index in [9.17, 15) is 0 Å². The van der Waals surface area contributed by atoms with Gasteiger partial charge in [-0.05, 0) is 71.2 Å². The maximum atomic E-state index is 2.39. The van der Waals surface area contributed by atoms with E-state index in [1.165, 1.54) is 67.5 Å².